The van der Waals surface area contributed by atoms with Crippen molar-refractivity contribution in [3.05, 3.63) is 22.1 Å². The van der Waals surface area contributed by atoms with Gasteiger partial charge in [0.25, 0.3) is 11.8 Å². The lowest BCUT2D eigenvalue weighted by molar-refractivity contribution is -0.156. The Morgan fingerprint density at radius 3 is 2.33 bits per heavy atom. The molecule has 6 nitrogen and oxygen atoms in total. The number of carbonyl (C=O) groups is 3. The van der Waals surface area contributed by atoms with Crippen molar-refractivity contribution >= 4 is 29.5 Å². The van der Waals surface area contributed by atoms with E-state index < -0.39 is 17.8 Å². The molecule has 0 unspecified atom stereocenters. The Labute approximate surface area is 145 Å². The molecule has 1 saturated carbocycles. The van der Waals surface area contributed by atoms with E-state index in [1.165, 1.54) is 11.8 Å². The van der Waals surface area contributed by atoms with Crippen molar-refractivity contribution in [1.82, 2.24) is 4.90 Å². The van der Waals surface area contributed by atoms with Gasteiger partial charge in [-0.15, -0.1) is 11.8 Å². The molecule has 2 amide bonds. The third-order valence-corrected chi connectivity index (χ3v) is 5.52. The normalized spacial score (nSPS) is 25.8. The largest absolute Gasteiger partial charge is 0.443 e. The Morgan fingerprint density at radius 1 is 1.33 bits per heavy atom. The van der Waals surface area contributed by atoms with Gasteiger partial charge in [-0.25, -0.2) is 4.90 Å². The van der Waals surface area contributed by atoms with Crippen molar-refractivity contribution in [2.45, 2.75) is 27.7 Å². The molecule has 2 rings (SSSR count). The zero-order chi connectivity index (χ0) is 18.2. The predicted molar refractivity (Wildman–Crippen MR) is 89.2 cm³/mol. The number of imide groups is 1. The number of nitriles is 1. The number of nitrogens with zero attached hydrogens (tertiary/aromatic N) is 2. The molecule has 0 aromatic rings. The molecule has 128 valence electrons. The molecule has 0 bridgehead atoms. The van der Waals surface area contributed by atoms with Crippen LogP contribution in [0.25, 0.3) is 0 Å². The van der Waals surface area contributed by atoms with Crippen molar-refractivity contribution in [1.29, 1.82) is 5.26 Å². The maximum atomic E-state index is 12.3. The molecule has 0 N–H and O–H groups in total. The molecule has 0 aromatic heterocycles. The number of hydrogen-bond donors (Lipinski definition) is 0. The number of esters is 1. The first kappa shape index (κ1) is 18.3. The summed E-state index contributed by atoms with van der Waals surface area (Å²) in [6, 6.07) is 2.09. The Balaban J connectivity index is 2.00. The van der Waals surface area contributed by atoms with E-state index in [0.717, 1.165) is 4.90 Å². The monoisotopic (exact) mass is 348 g/mol. The Hall–Kier alpha value is -2.07. The molecule has 7 heteroatoms. The minimum Gasteiger partial charge on any atom is -0.443 e. The molecule has 2 aliphatic rings. The van der Waals surface area contributed by atoms with Crippen molar-refractivity contribution < 1.29 is 19.1 Å². The van der Waals surface area contributed by atoms with E-state index in [2.05, 4.69) is 6.07 Å². The third-order valence-electron chi connectivity index (χ3n) is 4.86. The summed E-state index contributed by atoms with van der Waals surface area (Å²) in [5, 5.41) is 9.01. The van der Waals surface area contributed by atoms with Crippen molar-refractivity contribution in [2.24, 2.45) is 17.3 Å². The topological polar surface area (TPSA) is 87.5 Å². The smallest absolute Gasteiger partial charge is 0.311 e. The van der Waals surface area contributed by atoms with E-state index in [1.54, 1.807) is 26.2 Å². The molecule has 1 fully saturated rings. The second kappa shape index (κ2) is 6.44. The van der Waals surface area contributed by atoms with Crippen molar-refractivity contribution in [3.8, 4) is 6.07 Å². The molecule has 0 spiro atoms. The molecule has 1 heterocycles. The standard InChI is InChI=1S/C17H20N2O4S/c1-9-10(2)15(21)19(14(9)20)8-23-16(22)13-12(17(13,3)4)6-11(7-18)24-5/h6,12-13H,8H2,1-5H3/t12-,13+/m1/s1. The van der Waals surface area contributed by atoms with Crippen LogP contribution in [-0.4, -0.2) is 35.7 Å². The zero-order valence-corrected chi connectivity index (χ0v) is 15.2. The third kappa shape index (κ3) is 2.98. The van der Waals surface area contributed by atoms with Gasteiger partial charge in [-0.3, -0.25) is 14.4 Å². The highest BCUT2D eigenvalue weighted by atomic mass is 32.2. The van der Waals surface area contributed by atoms with E-state index in [-0.39, 0.29) is 24.0 Å². The van der Waals surface area contributed by atoms with Crippen LogP contribution >= 0.6 is 11.8 Å². The van der Waals surface area contributed by atoms with Crippen LogP contribution in [0.1, 0.15) is 27.7 Å². The number of rotatable bonds is 5. The first-order valence-electron chi connectivity index (χ1n) is 7.53. The average molecular weight is 348 g/mol. The van der Waals surface area contributed by atoms with Gasteiger partial charge in [-0.2, -0.15) is 5.26 Å². The van der Waals surface area contributed by atoms with Crippen molar-refractivity contribution in [3.63, 3.8) is 0 Å². The summed E-state index contributed by atoms with van der Waals surface area (Å²) in [7, 11) is 0. The van der Waals surface area contributed by atoms with Gasteiger partial charge in [0.2, 0.25) is 0 Å². The second-order valence-electron chi connectivity index (χ2n) is 6.55. The van der Waals surface area contributed by atoms with E-state index in [4.69, 9.17) is 10.00 Å². The van der Waals surface area contributed by atoms with Gasteiger partial charge in [0.05, 0.1) is 10.8 Å². The number of ether oxygens (including phenoxy) is 1. The summed E-state index contributed by atoms with van der Waals surface area (Å²) in [5.41, 5.74) is 0.447. The van der Waals surface area contributed by atoms with Gasteiger partial charge in [0.1, 0.15) is 6.07 Å². The second-order valence-corrected chi connectivity index (χ2v) is 7.40. The molecule has 0 radical (unpaired) electrons. The quantitative estimate of drug-likeness (QED) is 0.430. The lowest BCUT2D eigenvalue weighted by atomic mass is 10.1. The number of thioether (sulfide) groups is 1. The minimum absolute atomic E-state index is 0.0846. The molecule has 0 saturated heterocycles. The molecule has 0 aromatic carbocycles. The minimum atomic E-state index is -0.456. The van der Waals surface area contributed by atoms with Crippen LogP contribution in [0.2, 0.25) is 0 Å². The summed E-state index contributed by atoms with van der Waals surface area (Å²) in [6.07, 6.45) is 3.60. The molecular weight excluding hydrogens is 328 g/mol. The van der Waals surface area contributed by atoms with Crippen LogP contribution in [0.4, 0.5) is 0 Å². The highest BCUT2D eigenvalue weighted by molar-refractivity contribution is 8.02. The van der Waals surface area contributed by atoms with Crippen LogP contribution < -0.4 is 0 Å². The van der Waals surface area contributed by atoms with Crippen LogP contribution in [0.3, 0.4) is 0 Å². The van der Waals surface area contributed by atoms with E-state index in [9.17, 15) is 14.4 Å². The summed E-state index contributed by atoms with van der Waals surface area (Å²) < 4.78 is 5.20. The van der Waals surface area contributed by atoms with Gasteiger partial charge in [-0.1, -0.05) is 19.9 Å². The van der Waals surface area contributed by atoms with Crippen LogP contribution in [-0.2, 0) is 19.1 Å². The SMILES string of the molecule is CSC(C#N)=C[C@@H]1[C@@H](C(=O)OCN2C(=O)C(C)=C(C)C2=O)C1(C)C. The zero-order valence-electron chi connectivity index (χ0n) is 14.4. The highest BCUT2D eigenvalue weighted by Gasteiger charge is 2.61. The Bertz CT molecular complexity index is 691. The summed E-state index contributed by atoms with van der Waals surface area (Å²) in [4.78, 5) is 37.7. The maximum Gasteiger partial charge on any atom is 0.311 e. The van der Waals surface area contributed by atoms with Crippen LogP contribution in [0, 0.1) is 28.6 Å². The first-order valence-corrected chi connectivity index (χ1v) is 8.75. The highest BCUT2D eigenvalue weighted by Crippen LogP contribution is 2.60. The van der Waals surface area contributed by atoms with Gasteiger partial charge in [-0.05, 0) is 31.4 Å². The summed E-state index contributed by atoms with van der Waals surface area (Å²) >= 11 is 1.33. The van der Waals surface area contributed by atoms with Gasteiger partial charge in [0.15, 0.2) is 6.73 Å². The number of allylic oxidation sites excluding steroid dienone is 2. The number of amides is 2. The fraction of sp³-hybridized carbons (Fsp3) is 0.529. The van der Waals surface area contributed by atoms with Crippen LogP contribution in [0.15, 0.2) is 22.1 Å². The fourth-order valence-electron chi connectivity index (χ4n) is 2.91. The molecule has 1 aliphatic heterocycles. The molecular formula is C17H20N2O4S. The molecule has 2 atom stereocenters. The first-order chi connectivity index (χ1) is 11.2. The van der Waals surface area contributed by atoms with E-state index >= 15 is 0 Å². The summed E-state index contributed by atoms with van der Waals surface area (Å²) in [6.45, 7) is 6.64. The average Bonchev–Trinajstić information content (AvgIpc) is 3.04. The summed E-state index contributed by atoms with van der Waals surface area (Å²) in [5.74, 6) is -1.77. The van der Waals surface area contributed by atoms with E-state index in [0.29, 0.717) is 16.1 Å². The molecule has 24 heavy (non-hydrogen) atoms. The van der Waals surface area contributed by atoms with Gasteiger partial charge >= 0.3 is 5.97 Å². The van der Waals surface area contributed by atoms with Crippen LogP contribution in [0.5, 0.6) is 0 Å². The maximum absolute atomic E-state index is 12.3. The fourth-order valence-corrected chi connectivity index (χ4v) is 3.28. The van der Waals surface area contributed by atoms with Gasteiger partial charge < -0.3 is 4.74 Å². The van der Waals surface area contributed by atoms with E-state index in [1.807, 2.05) is 13.8 Å². The van der Waals surface area contributed by atoms with Gasteiger partial charge in [0, 0.05) is 11.1 Å². The predicted octanol–water partition coefficient (Wildman–Crippen LogP) is 2.23. The number of carbonyl (C=O) groups excluding carboxylic acids is 3. The lowest BCUT2D eigenvalue weighted by Gasteiger charge is -2.15. The Morgan fingerprint density at radius 2 is 1.88 bits per heavy atom. The number of hydrogen-bond acceptors (Lipinski definition) is 6. The molecule has 1 aliphatic carbocycles. The van der Waals surface area contributed by atoms with Crippen molar-refractivity contribution in [2.75, 3.05) is 13.0 Å². The lowest BCUT2D eigenvalue weighted by Crippen LogP contribution is -2.35. The Kier molecular flexibility index (Phi) is 4.90.